The summed E-state index contributed by atoms with van der Waals surface area (Å²) in [6.45, 7) is 4.01. The van der Waals surface area contributed by atoms with Gasteiger partial charge in [0.15, 0.2) is 17.4 Å². The van der Waals surface area contributed by atoms with Crippen molar-refractivity contribution >= 4 is 5.82 Å². The highest BCUT2D eigenvalue weighted by molar-refractivity contribution is 5.76. The van der Waals surface area contributed by atoms with Crippen molar-refractivity contribution in [2.75, 3.05) is 18.9 Å². The summed E-state index contributed by atoms with van der Waals surface area (Å²) >= 11 is 0. The molecule has 0 unspecified atom stereocenters. The van der Waals surface area contributed by atoms with E-state index >= 15 is 4.39 Å². The molecule has 0 amide bonds. The van der Waals surface area contributed by atoms with Gasteiger partial charge in [0.2, 0.25) is 5.82 Å². The molecule has 1 aliphatic rings. The van der Waals surface area contributed by atoms with Gasteiger partial charge in [0.25, 0.3) is 0 Å². The van der Waals surface area contributed by atoms with Gasteiger partial charge < -0.3 is 15.8 Å². The lowest BCUT2D eigenvalue weighted by Gasteiger charge is -2.14. The summed E-state index contributed by atoms with van der Waals surface area (Å²) in [6, 6.07) is 4.62. The number of rotatable bonds is 8. The van der Waals surface area contributed by atoms with E-state index in [1.165, 1.54) is 12.1 Å². The van der Waals surface area contributed by atoms with E-state index in [1.54, 1.807) is 18.5 Å². The zero-order valence-electron chi connectivity index (χ0n) is 19.2. The summed E-state index contributed by atoms with van der Waals surface area (Å²) in [5, 5.41) is 19.1. The van der Waals surface area contributed by atoms with Crippen molar-refractivity contribution < 1.29 is 13.5 Å². The summed E-state index contributed by atoms with van der Waals surface area (Å²) < 4.78 is 38.4. The Balaban J connectivity index is 1.46. The summed E-state index contributed by atoms with van der Waals surface area (Å²) in [5.41, 5.74) is 7.89. The number of nitrogens with two attached hydrogens (primary N) is 1. The van der Waals surface area contributed by atoms with E-state index in [2.05, 4.69) is 37.8 Å². The van der Waals surface area contributed by atoms with Crippen molar-refractivity contribution in [3.63, 3.8) is 0 Å². The van der Waals surface area contributed by atoms with E-state index in [-0.39, 0.29) is 35.7 Å². The van der Waals surface area contributed by atoms with E-state index in [4.69, 9.17) is 10.5 Å². The average molecular weight is 482 g/mol. The van der Waals surface area contributed by atoms with E-state index < -0.39 is 11.6 Å². The molecular weight excluding hydrogens is 456 g/mol. The summed E-state index contributed by atoms with van der Waals surface area (Å²) in [5.74, 6) is -2.12. The first-order chi connectivity index (χ1) is 17.0. The van der Waals surface area contributed by atoms with Crippen molar-refractivity contribution in [3.05, 3.63) is 48.4 Å². The molecule has 1 aromatic carbocycles. The van der Waals surface area contributed by atoms with Crippen molar-refractivity contribution in [1.82, 2.24) is 40.3 Å². The normalized spacial score (nSPS) is 15.6. The fourth-order valence-electron chi connectivity index (χ4n) is 4.08. The number of ether oxygens (including phenoxy) is 1. The van der Waals surface area contributed by atoms with E-state index in [0.29, 0.717) is 5.56 Å². The maximum atomic E-state index is 15.1. The van der Waals surface area contributed by atoms with Crippen LogP contribution >= 0.6 is 0 Å². The molecule has 5 rings (SSSR count). The maximum absolute atomic E-state index is 15.1. The fraction of sp³-hybridized carbons (Fsp3) is 0.348. The number of pyridine rings is 1. The van der Waals surface area contributed by atoms with Crippen LogP contribution in [0.5, 0.6) is 5.75 Å². The van der Waals surface area contributed by atoms with Crippen LogP contribution in [-0.4, -0.2) is 54.2 Å². The predicted molar refractivity (Wildman–Crippen MR) is 125 cm³/mol. The molecule has 1 fully saturated rings. The maximum Gasteiger partial charge on any atom is 0.202 e. The van der Waals surface area contributed by atoms with Gasteiger partial charge in [0.05, 0.1) is 11.8 Å². The minimum absolute atomic E-state index is 0.125. The molecule has 4 heterocycles. The monoisotopic (exact) mass is 481 g/mol. The molecule has 0 spiro atoms. The SMILES string of the molecule is CCCn1cc(-c2cnc(N)c(-c3nnnn3-c3ccc(OC[C@@H]4CCCN4)c(F)c3F)c2)cn1. The van der Waals surface area contributed by atoms with E-state index in [1.807, 2.05) is 10.9 Å². The average Bonchev–Trinajstić information content (AvgIpc) is 3.63. The minimum atomic E-state index is -1.13. The Morgan fingerprint density at radius 2 is 2.09 bits per heavy atom. The van der Waals surface area contributed by atoms with Crippen LogP contribution in [0.15, 0.2) is 36.8 Å². The van der Waals surface area contributed by atoms with Crippen molar-refractivity contribution in [3.8, 4) is 34.0 Å². The lowest BCUT2D eigenvalue weighted by Crippen LogP contribution is -2.28. The molecule has 12 heteroatoms. The number of tetrazole rings is 1. The van der Waals surface area contributed by atoms with Gasteiger partial charge in [-0.25, -0.2) is 9.37 Å². The lowest BCUT2D eigenvalue weighted by atomic mass is 10.1. The number of benzene rings is 1. The molecule has 0 radical (unpaired) electrons. The lowest BCUT2D eigenvalue weighted by molar-refractivity contribution is 0.261. The molecule has 182 valence electrons. The number of halogens is 2. The second-order valence-corrected chi connectivity index (χ2v) is 8.38. The molecule has 4 aromatic rings. The Labute approximate surface area is 200 Å². The van der Waals surface area contributed by atoms with Crippen LogP contribution < -0.4 is 15.8 Å². The number of aryl methyl sites for hydroxylation is 1. The smallest absolute Gasteiger partial charge is 0.202 e. The number of hydrogen-bond acceptors (Lipinski definition) is 8. The van der Waals surface area contributed by atoms with Crippen molar-refractivity contribution in [1.29, 1.82) is 0 Å². The topological polar surface area (TPSA) is 122 Å². The third kappa shape index (κ3) is 4.56. The quantitative estimate of drug-likeness (QED) is 0.394. The number of anilines is 1. The van der Waals surface area contributed by atoms with E-state index in [0.717, 1.165) is 48.2 Å². The highest BCUT2D eigenvalue weighted by Gasteiger charge is 2.23. The zero-order chi connectivity index (χ0) is 24.4. The van der Waals surface area contributed by atoms with Crippen molar-refractivity contribution in [2.24, 2.45) is 0 Å². The highest BCUT2D eigenvalue weighted by Crippen LogP contribution is 2.31. The molecule has 0 aliphatic carbocycles. The second-order valence-electron chi connectivity index (χ2n) is 8.38. The van der Waals surface area contributed by atoms with Gasteiger partial charge in [-0.1, -0.05) is 6.92 Å². The number of aromatic nitrogens is 7. The van der Waals surface area contributed by atoms with Crippen LogP contribution in [0.1, 0.15) is 26.2 Å². The first kappa shape index (κ1) is 22.8. The molecule has 0 saturated carbocycles. The largest absolute Gasteiger partial charge is 0.489 e. The zero-order valence-corrected chi connectivity index (χ0v) is 19.2. The molecule has 35 heavy (non-hydrogen) atoms. The molecule has 3 aromatic heterocycles. The predicted octanol–water partition coefficient (Wildman–Crippen LogP) is 2.99. The molecule has 1 saturated heterocycles. The number of nitrogens with zero attached hydrogens (tertiary/aromatic N) is 7. The second kappa shape index (κ2) is 9.74. The molecule has 10 nitrogen and oxygen atoms in total. The van der Waals surface area contributed by atoms with Crippen molar-refractivity contribution in [2.45, 2.75) is 38.8 Å². The first-order valence-corrected chi connectivity index (χ1v) is 11.5. The molecular formula is C23H25F2N9O. The highest BCUT2D eigenvalue weighted by atomic mass is 19.2. The summed E-state index contributed by atoms with van der Waals surface area (Å²) in [4.78, 5) is 4.26. The Bertz CT molecular complexity index is 1330. The van der Waals surface area contributed by atoms with Gasteiger partial charge in [-0.15, -0.1) is 5.10 Å². The molecule has 0 bridgehead atoms. The van der Waals surface area contributed by atoms with Crippen LogP contribution in [-0.2, 0) is 6.54 Å². The molecule has 1 aliphatic heterocycles. The van der Waals surface area contributed by atoms with Gasteiger partial charge in [0, 0.05) is 36.1 Å². The Morgan fingerprint density at radius 1 is 1.20 bits per heavy atom. The van der Waals surface area contributed by atoms with Gasteiger partial charge in [-0.2, -0.15) is 14.2 Å². The summed E-state index contributed by atoms with van der Waals surface area (Å²) in [7, 11) is 0. The standard InChI is InChI=1S/C23H25F2N9O/c1-2-8-33-12-15(11-29-33)14-9-17(22(26)28-10-14)23-30-31-32-34(23)18-5-6-19(21(25)20(18)24)35-13-16-4-3-7-27-16/h5-6,9-12,16,27H,2-4,7-8,13H2,1H3,(H2,26,28)/t16-/m0/s1. The van der Waals surface area contributed by atoms with Crippen LogP contribution in [0.4, 0.5) is 14.6 Å². The van der Waals surface area contributed by atoms with Crippen LogP contribution in [0.3, 0.4) is 0 Å². The fourth-order valence-corrected chi connectivity index (χ4v) is 4.08. The Kier molecular flexibility index (Phi) is 6.36. The van der Waals surface area contributed by atoms with Gasteiger partial charge in [0.1, 0.15) is 18.1 Å². The molecule has 3 N–H and O–H groups in total. The van der Waals surface area contributed by atoms with Crippen LogP contribution in [0.2, 0.25) is 0 Å². The third-order valence-electron chi connectivity index (χ3n) is 5.91. The Hall–Kier alpha value is -3.93. The minimum Gasteiger partial charge on any atom is -0.489 e. The van der Waals surface area contributed by atoms with Crippen LogP contribution in [0.25, 0.3) is 28.2 Å². The Morgan fingerprint density at radius 3 is 2.89 bits per heavy atom. The number of nitrogen functional groups attached to an aromatic ring is 1. The number of hydrogen-bond donors (Lipinski definition) is 2. The van der Waals surface area contributed by atoms with Crippen LogP contribution in [0, 0.1) is 11.6 Å². The summed E-state index contributed by atoms with van der Waals surface area (Å²) in [6.07, 6.45) is 8.16. The molecule has 1 atom stereocenters. The van der Waals surface area contributed by atoms with Gasteiger partial charge in [-0.3, -0.25) is 4.68 Å². The van der Waals surface area contributed by atoms with Gasteiger partial charge >= 0.3 is 0 Å². The van der Waals surface area contributed by atoms with E-state index in [9.17, 15) is 4.39 Å². The van der Waals surface area contributed by atoms with Gasteiger partial charge in [-0.05, 0) is 54.4 Å². The first-order valence-electron chi connectivity index (χ1n) is 11.5. The number of nitrogens with one attached hydrogen (secondary N) is 1. The third-order valence-corrected chi connectivity index (χ3v) is 5.91.